The lowest BCUT2D eigenvalue weighted by Gasteiger charge is -2.29. The van der Waals surface area contributed by atoms with Gasteiger partial charge in [-0.1, -0.05) is 38.1 Å². The Morgan fingerprint density at radius 1 is 0.875 bits per heavy atom. The Balaban J connectivity index is 1.53. The maximum Gasteiger partial charge on any atom is 0.119 e. The molecule has 2 aromatic rings. The van der Waals surface area contributed by atoms with Crippen molar-refractivity contribution in [3.8, 4) is 11.5 Å². The first-order valence-corrected chi connectivity index (χ1v) is 11.7. The normalized spacial score (nSPS) is 17.0. The summed E-state index contributed by atoms with van der Waals surface area (Å²) in [5.74, 6) is 1.61. The van der Waals surface area contributed by atoms with Crippen LogP contribution in [-0.4, -0.2) is 79.1 Å². The molecule has 0 aromatic heterocycles. The van der Waals surface area contributed by atoms with E-state index in [-0.39, 0.29) is 24.5 Å². The predicted octanol–water partition coefficient (Wildman–Crippen LogP) is 2.64. The van der Waals surface area contributed by atoms with Crippen molar-refractivity contribution in [1.29, 1.82) is 0 Å². The van der Waals surface area contributed by atoms with Gasteiger partial charge in [-0.2, -0.15) is 0 Å². The first kappa shape index (κ1) is 24.8. The average molecular weight is 463 g/mol. The zero-order valence-electron chi connectivity index (χ0n) is 19.0. The smallest absolute Gasteiger partial charge is 0.119 e. The number of ether oxygens (including phenoxy) is 2. The van der Waals surface area contributed by atoms with Gasteiger partial charge in [-0.05, 0) is 35.4 Å². The Morgan fingerprint density at radius 2 is 1.34 bits per heavy atom. The molecule has 1 saturated heterocycles. The molecule has 2 atom stereocenters. The van der Waals surface area contributed by atoms with E-state index in [2.05, 4.69) is 36.2 Å². The van der Waals surface area contributed by atoms with Gasteiger partial charge in [0.1, 0.15) is 36.9 Å². The lowest BCUT2D eigenvalue weighted by atomic mass is 9.78. The molecule has 0 unspecified atom stereocenters. The molecule has 0 spiro atoms. The van der Waals surface area contributed by atoms with Crippen LogP contribution in [0.25, 0.3) is 0 Å². The van der Waals surface area contributed by atoms with E-state index in [0.29, 0.717) is 12.3 Å². The summed E-state index contributed by atoms with van der Waals surface area (Å²) < 4.78 is 11.4. The number of hydrogen-bond donors (Lipinski definition) is 3. The van der Waals surface area contributed by atoms with E-state index in [1.54, 1.807) is 0 Å². The van der Waals surface area contributed by atoms with Crippen molar-refractivity contribution in [2.24, 2.45) is 0 Å². The maximum absolute atomic E-state index is 10.3. The van der Waals surface area contributed by atoms with Gasteiger partial charge in [-0.25, -0.2) is 0 Å². The van der Waals surface area contributed by atoms with Crippen LogP contribution in [0.5, 0.6) is 11.5 Å². The second kappa shape index (κ2) is 11.9. The quantitative estimate of drug-likeness (QED) is 0.446. The van der Waals surface area contributed by atoms with E-state index < -0.39 is 12.2 Å². The summed E-state index contributed by atoms with van der Waals surface area (Å²) in [6.07, 6.45) is -1.17. The van der Waals surface area contributed by atoms with Crippen LogP contribution >= 0.6 is 11.6 Å². The van der Waals surface area contributed by atoms with Crippen molar-refractivity contribution in [2.75, 3.05) is 51.8 Å². The van der Waals surface area contributed by atoms with Crippen LogP contribution in [0.3, 0.4) is 0 Å². The van der Waals surface area contributed by atoms with Gasteiger partial charge in [-0.3, -0.25) is 4.90 Å². The Labute approximate surface area is 196 Å². The summed E-state index contributed by atoms with van der Waals surface area (Å²) in [5, 5.41) is 23.1. The molecule has 32 heavy (non-hydrogen) atoms. The minimum absolute atomic E-state index is 0.153. The van der Waals surface area contributed by atoms with Gasteiger partial charge in [0.05, 0.1) is 5.88 Å². The number of aliphatic hydroxyl groups is 2. The molecule has 0 amide bonds. The molecule has 176 valence electrons. The fourth-order valence-electron chi connectivity index (χ4n) is 3.78. The van der Waals surface area contributed by atoms with Crippen molar-refractivity contribution in [3.63, 3.8) is 0 Å². The fraction of sp³-hybridized carbons (Fsp3) is 0.520. The third-order valence-electron chi connectivity index (χ3n) is 5.89. The highest BCUT2D eigenvalue weighted by Crippen LogP contribution is 2.33. The number of benzene rings is 2. The molecule has 0 saturated carbocycles. The van der Waals surface area contributed by atoms with E-state index in [4.69, 9.17) is 21.1 Å². The van der Waals surface area contributed by atoms with Gasteiger partial charge < -0.3 is 25.0 Å². The van der Waals surface area contributed by atoms with Gasteiger partial charge in [-0.15, -0.1) is 11.6 Å². The number of aliphatic hydroxyl groups excluding tert-OH is 2. The minimum atomic E-state index is -0.670. The summed E-state index contributed by atoms with van der Waals surface area (Å²) in [7, 11) is 0. The highest BCUT2D eigenvalue weighted by atomic mass is 35.5. The van der Waals surface area contributed by atoms with Crippen LogP contribution in [-0.2, 0) is 5.41 Å². The van der Waals surface area contributed by atoms with Gasteiger partial charge >= 0.3 is 0 Å². The Bertz CT molecular complexity index is 808. The van der Waals surface area contributed by atoms with E-state index in [1.807, 2.05) is 36.4 Å². The Kier molecular flexibility index (Phi) is 9.20. The molecule has 3 N–H and O–H groups in total. The molecule has 0 radical (unpaired) electrons. The highest BCUT2D eigenvalue weighted by Gasteiger charge is 2.23. The lowest BCUT2D eigenvalue weighted by molar-refractivity contribution is 0.0641. The second-order valence-corrected chi connectivity index (χ2v) is 9.12. The zero-order chi connectivity index (χ0) is 23.0. The van der Waals surface area contributed by atoms with Crippen molar-refractivity contribution < 1.29 is 19.7 Å². The highest BCUT2D eigenvalue weighted by molar-refractivity contribution is 6.18. The molecule has 1 aliphatic heterocycles. The molecule has 7 heteroatoms. The summed E-state index contributed by atoms with van der Waals surface area (Å²) >= 11 is 5.60. The van der Waals surface area contributed by atoms with Gasteiger partial charge in [0, 0.05) is 38.1 Å². The third-order valence-corrected chi connectivity index (χ3v) is 6.25. The number of alkyl halides is 1. The largest absolute Gasteiger partial charge is 0.491 e. The van der Waals surface area contributed by atoms with Crippen LogP contribution in [0.15, 0.2) is 48.5 Å². The standard InChI is InChI=1S/C25H35ClN2O4/c1-25(2,19-3-7-23(8-4-19)31-17-21(29)15-26)20-5-9-24(10-6-20)32-18-22(30)16-28-13-11-27-12-14-28/h3-10,21-22,27,29-30H,11-18H2,1-2H3/t21-,22-/m1/s1. The van der Waals surface area contributed by atoms with Crippen LogP contribution in [0.4, 0.5) is 0 Å². The zero-order valence-corrected chi connectivity index (χ0v) is 19.7. The molecular weight excluding hydrogens is 428 g/mol. The Hall–Kier alpha value is -1.83. The van der Waals surface area contributed by atoms with E-state index in [9.17, 15) is 10.2 Å². The van der Waals surface area contributed by atoms with E-state index >= 15 is 0 Å². The van der Waals surface area contributed by atoms with Crippen molar-refractivity contribution in [3.05, 3.63) is 59.7 Å². The van der Waals surface area contributed by atoms with Crippen LogP contribution in [0.1, 0.15) is 25.0 Å². The fourth-order valence-corrected chi connectivity index (χ4v) is 3.87. The van der Waals surface area contributed by atoms with Crippen molar-refractivity contribution >= 4 is 11.6 Å². The molecule has 3 rings (SSSR count). The average Bonchev–Trinajstić information content (AvgIpc) is 2.82. The number of nitrogens with one attached hydrogen (secondary N) is 1. The number of nitrogens with zero attached hydrogens (tertiary/aromatic N) is 1. The number of halogens is 1. The summed E-state index contributed by atoms with van der Waals surface area (Å²) in [6, 6.07) is 16.0. The maximum atomic E-state index is 10.3. The molecular formula is C25H35ClN2O4. The molecule has 1 heterocycles. The summed E-state index contributed by atoms with van der Waals surface area (Å²) in [6.45, 7) is 9.31. The van der Waals surface area contributed by atoms with Gasteiger partial charge in [0.25, 0.3) is 0 Å². The van der Waals surface area contributed by atoms with Crippen LogP contribution in [0.2, 0.25) is 0 Å². The van der Waals surface area contributed by atoms with E-state index in [0.717, 1.165) is 43.1 Å². The lowest BCUT2D eigenvalue weighted by Crippen LogP contribution is -2.47. The topological polar surface area (TPSA) is 74.2 Å². The first-order chi connectivity index (χ1) is 15.4. The Morgan fingerprint density at radius 3 is 1.81 bits per heavy atom. The molecule has 1 aliphatic rings. The van der Waals surface area contributed by atoms with Crippen molar-refractivity contribution in [1.82, 2.24) is 10.2 Å². The second-order valence-electron chi connectivity index (χ2n) is 8.81. The summed E-state index contributed by atoms with van der Waals surface area (Å²) in [5.41, 5.74) is 2.12. The predicted molar refractivity (Wildman–Crippen MR) is 128 cm³/mol. The van der Waals surface area contributed by atoms with Crippen LogP contribution in [0, 0.1) is 0 Å². The number of piperazine rings is 1. The van der Waals surface area contributed by atoms with E-state index in [1.165, 1.54) is 0 Å². The van der Waals surface area contributed by atoms with Crippen molar-refractivity contribution in [2.45, 2.75) is 31.5 Å². The molecule has 6 nitrogen and oxygen atoms in total. The molecule has 1 fully saturated rings. The van der Waals surface area contributed by atoms with Gasteiger partial charge in [0.15, 0.2) is 0 Å². The van der Waals surface area contributed by atoms with Crippen LogP contribution < -0.4 is 14.8 Å². The summed E-state index contributed by atoms with van der Waals surface area (Å²) in [4.78, 5) is 2.26. The number of hydrogen-bond acceptors (Lipinski definition) is 6. The monoisotopic (exact) mass is 462 g/mol. The number of β-amino-alcohol motifs (C(OH)–C–C–N with tert-alkyl or cyclic N) is 1. The first-order valence-electron chi connectivity index (χ1n) is 11.2. The minimum Gasteiger partial charge on any atom is -0.491 e. The molecule has 0 bridgehead atoms. The molecule has 0 aliphatic carbocycles. The molecule has 2 aromatic carbocycles. The third kappa shape index (κ3) is 7.09. The van der Waals surface area contributed by atoms with Gasteiger partial charge in [0.2, 0.25) is 0 Å². The SMILES string of the molecule is CC(C)(c1ccc(OC[C@H](O)CCl)cc1)c1ccc(OC[C@H](O)CN2CCNCC2)cc1. The number of rotatable bonds is 11.